The van der Waals surface area contributed by atoms with Crippen molar-refractivity contribution in [1.82, 2.24) is 5.32 Å². The molecule has 17 heteroatoms. The summed E-state index contributed by atoms with van der Waals surface area (Å²) < 4.78 is 51.8. The number of carbonyl (C=O) groups is 6. The fraction of sp³-hybridized carbons (Fsp3) is 0.544. The average Bonchev–Trinajstić information content (AvgIpc) is 3.37. The first-order valence-corrected chi connectivity index (χ1v) is 28.2. The second kappa shape index (κ2) is 21.6. The Bertz CT molecular complexity index is 2590. The maximum absolute atomic E-state index is 16.5. The van der Waals surface area contributed by atoms with E-state index in [9.17, 15) is 24.3 Å². The zero-order valence-corrected chi connectivity index (χ0v) is 45.7. The Labute approximate surface area is 435 Å². The van der Waals surface area contributed by atoms with E-state index in [2.05, 4.69) is 5.32 Å². The standard InChI is InChI=1S/C57H73NO15Si/c1-13-74(14-2,15-3)73-41-31-42-56(33-67-42,71-36(6)60)47-49(70-51(63)39-29-23-18-24-30-39)57(65)32-40(34(4)43(53(57,7)8)45(68-35(5)59)48(61)55(41,47)11)69-52(64)46(72-54(9,10)66-12)44(37-25-19-16-20-26-37)58-50(62)38-27-21-17-22-28-38/h16-30,40-42,44-47,49,65H,13-15,31-33H2,1-12H3,(H,58,62)/t40-,41-,42+,44-,45+,46+,47-,49-,55+,56-,57+/m0/s1. The number of benzene rings is 3. The molecule has 3 aliphatic carbocycles. The lowest BCUT2D eigenvalue weighted by atomic mass is 9.44. The number of methoxy groups -OCH3 is 1. The van der Waals surface area contributed by atoms with Crippen LogP contribution in [0.5, 0.6) is 0 Å². The molecule has 11 atom stereocenters. The maximum Gasteiger partial charge on any atom is 0.338 e. The van der Waals surface area contributed by atoms with E-state index in [-0.39, 0.29) is 29.7 Å². The second-order valence-electron chi connectivity index (χ2n) is 21.4. The van der Waals surface area contributed by atoms with E-state index in [1.807, 2.05) is 20.8 Å². The van der Waals surface area contributed by atoms with Crippen LogP contribution in [0.15, 0.2) is 102 Å². The first-order valence-electron chi connectivity index (χ1n) is 25.6. The van der Waals surface area contributed by atoms with Gasteiger partial charge in [0.1, 0.15) is 23.9 Å². The molecule has 74 heavy (non-hydrogen) atoms. The molecule has 400 valence electrons. The summed E-state index contributed by atoms with van der Waals surface area (Å²) in [5.41, 5.74) is -6.26. The molecule has 1 heterocycles. The predicted molar refractivity (Wildman–Crippen MR) is 274 cm³/mol. The van der Waals surface area contributed by atoms with Crippen molar-refractivity contribution in [2.75, 3.05) is 13.7 Å². The molecule has 3 fully saturated rings. The molecule has 1 aliphatic heterocycles. The topological polar surface area (TPSA) is 209 Å². The van der Waals surface area contributed by atoms with Crippen molar-refractivity contribution in [3.63, 3.8) is 0 Å². The Balaban J connectivity index is 1.48. The van der Waals surface area contributed by atoms with Gasteiger partial charge in [-0.05, 0) is 86.8 Å². The molecule has 0 aromatic heterocycles. The molecular formula is C57H73NO15Si. The minimum atomic E-state index is -2.65. The third-order valence-electron chi connectivity index (χ3n) is 16.7. The van der Waals surface area contributed by atoms with Gasteiger partial charge in [0.2, 0.25) is 0 Å². The van der Waals surface area contributed by atoms with Crippen molar-refractivity contribution in [2.45, 2.75) is 167 Å². The van der Waals surface area contributed by atoms with Gasteiger partial charge < -0.3 is 48.0 Å². The van der Waals surface area contributed by atoms with Crippen molar-refractivity contribution in [1.29, 1.82) is 0 Å². The minimum Gasteiger partial charge on any atom is -0.456 e. The number of carbonyl (C=O) groups excluding carboxylic acids is 6. The number of hydrogen-bond donors (Lipinski definition) is 2. The zero-order valence-electron chi connectivity index (χ0n) is 44.7. The summed E-state index contributed by atoms with van der Waals surface area (Å²) in [5, 5.41) is 17.3. The van der Waals surface area contributed by atoms with Gasteiger partial charge in [0.15, 0.2) is 37.7 Å². The third kappa shape index (κ3) is 10.1. The first-order chi connectivity index (χ1) is 34.9. The van der Waals surface area contributed by atoms with Gasteiger partial charge in [0, 0.05) is 44.8 Å². The SMILES string of the molecule is CC[Si](CC)(CC)O[C@H]1C[C@H]2OC[C@@]2(OC(C)=O)[C@H]2[C@H](OC(=O)c3ccccc3)[C@]3(O)C[C@H](OC(=O)[C@H](OC(C)(C)OC)[C@@H](NC(=O)c4ccccc4)c4ccccc4)C(C)=C([C@@H](OC(C)=O)C(=O)[C@]12C)C3(C)C. The Kier molecular flexibility index (Phi) is 16.4. The summed E-state index contributed by atoms with van der Waals surface area (Å²) in [6.07, 6.45) is -8.85. The van der Waals surface area contributed by atoms with Gasteiger partial charge >= 0.3 is 23.9 Å². The van der Waals surface area contributed by atoms with E-state index in [1.54, 1.807) is 133 Å². The van der Waals surface area contributed by atoms with Gasteiger partial charge in [-0.2, -0.15) is 0 Å². The fourth-order valence-corrected chi connectivity index (χ4v) is 15.0. The van der Waals surface area contributed by atoms with Crippen LogP contribution in [0.4, 0.5) is 0 Å². The van der Waals surface area contributed by atoms with Gasteiger partial charge in [-0.15, -0.1) is 0 Å². The number of aliphatic hydroxyl groups is 1. The molecule has 7 rings (SSSR count). The van der Waals surface area contributed by atoms with Crippen LogP contribution in [-0.4, -0.2) is 116 Å². The third-order valence-corrected chi connectivity index (χ3v) is 21.3. The highest BCUT2D eigenvalue weighted by Crippen LogP contribution is 2.65. The largest absolute Gasteiger partial charge is 0.456 e. The number of nitrogens with one attached hydrogen (secondary N) is 1. The molecule has 0 spiro atoms. The molecule has 2 N–H and O–H groups in total. The summed E-state index contributed by atoms with van der Waals surface area (Å²) in [7, 11) is -1.26. The highest BCUT2D eigenvalue weighted by Gasteiger charge is 2.79. The zero-order chi connectivity index (χ0) is 54.2. The van der Waals surface area contributed by atoms with Crippen LogP contribution in [0.3, 0.4) is 0 Å². The fourth-order valence-electron chi connectivity index (χ4n) is 12.1. The number of hydrogen-bond acceptors (Lipinski definition) is 15. The molecule has 3 aromatic rings. The molecule has 2 bridgehead atoms. The van der Waals surface area contributed by atoms with Crippen molar-refractivity contribution in [3.8, 4) is 0 Å². The molecule has 1 saturated heterocycles. The van der Waals surface area contributed by atoms with E-state index in [0.717, 1.165) is 0 Å². The highest BCUT2D eigenvalue weighted by atomic mass is 28.4. The molecule has 16 nitrogen and oxygen atoms in total. The van der Waals surface area contributed by atoms with E-state index >= 15 is 9.59 Å². The lowest BCUT2D eigenvalue weighted by Crippen LogP contribution is -2.82. The maximum atomic E-state index is 16.5. The van der Waals surface area contributed by atoms with Crippen LogP contribution >= 0.6 is 0 Å². The highest BCUT2D eigenvalue weighted by molar-refractivity contribution is 6.73. The number of esters is 4. The summed E-state index contributed by atoms with van der Waals surface area (Å²) in [6, 6.07) is 26.2. The van der Waals surface area contributed by atoms with Crippen LogP contribution in [0.25, 0.3) is 0 Å². The van der Waals surface area contributed by atoms with Crippen molar-refractivity contribution < 1.29 is 71.5 Å². The van der Waals surface area contributed by atoms with Gasteiger partial charge in [-0.3, -0.25) is 19.2 Å². The molecule has 4 aliphatic rings. The second-order valence-corrected chi connectivity index (χ2v) is 26.1. The molecule has 0 unspecified atom stereocenters. The van der Waals surface area contributed by atoms with Crippen LogP contribution < -0.4 is 5.32 Å². The van der Waals surface area contributed by atoms with Crippen LogP contribution in [0.2, 0.25) is 18.1 Å². The van der Waals surface area contributed by atoms with Crippen molar-refractivity contribution in [2.24, 2.45) is 16.7 Å². The van der Waals surface area contributed by atoms with E-state index < -0.39 is 127 Å². The summed E-state index contributed by atoms with van der Waals surface area (Å²) >= 11 is 0. The van der Waals surface area contributed by atoms with Gasteiger partial charge in [-0.25, -0.2) is 9.59 Å². The molecular weight excluding hydrogens is 967 g/mol. The van der Waals surface area contributed by atoms with Gasteiger partial charge in [0.05, 0.1) is 35.6 Å². The number of Topliss-reactive ketones (excluding diaryl/α,β-unsaturated/α-hetero) is 1. The first kappa shape index (κ1) is 56.2. The Morgan fingerprint density at radius 3 is 1.91 bits per heavy atom. The number of rotatable bonds is 18. The van der Waals surface area contributed by atoms with E-state index in [1.165, 1.54) is 21.0 Å². The lowest BCUT2D eigenvalue weighted by molar-refractivity contribution is -0.344. The summed E-state index contributed by atoms with van der Waals surface area (Å²) in [6.45, 7) is 18.1. The molecule has 0 radical (unpaired) electrons. The number of ether oxygens (including phenoxy) is 7. The summed E-state index contributed by atoms with van der Waals surface area (Å²) in [5.74, 6) is -7.46. The van der Waals surface area contributed by atoms with Crippen LogP contribution in [0, 0.1) is 16.7 Å². The minimum absolute atomic E-state index is 0.0790. The Morgan fingerprint density at radius 2 is 1.39 bits per heavy atom. The van der Waals surface area contributed by atoms with Crippen LogP contribution in [0.1, 0.15) is 121 Å². The predicted octanol–water partition coefficient (Wildman–Crippen LogP) is 8.17. The van der Waals surface area contributed by atoms with Gasteiger partial charge in [0.25, 0.3) is 5.91 Å². The van der Waals surface area contributed by atoms with E-state index in [4.69, 9.17) is 37.6 Å². The molecule has 2 saturated carbocycles. The van der Waals surface area contributed by atoms with Crippen molar-refractivity contribution >= 4 is 43.9 Å². The number of ketones is 1. The van der Waals surface area contributed by atoms with Crippen molar-refractivity contribution in [3.05, 3.63) is 119 Å². The summed E-state index contributed by atoms with van der Waals surface area (Å²) in [4.78, 5) is 87.9. The smallest absolute Gasteiger partial charge is 0.338 e. The van der Waals surface area contributed by atoms with Crippen LogP contribution in [-0.2, 0) is 56.8 Å². The monoisotopic (exact) mass is 1040 g/mol. The molecule has 3 aromatic carbocycles. The Hall–Kier alpha value is -5.56. The Morgan fingerprint density at radius 1 is 0.824 bits per heavy atom. The van der Waals surface area contributed by atoms with Gasteiger partial charge in [-0.1, -0.05) is 101 Å². The normalized spacial score (nSPS) is 29.1. The average molecular weight is 1040 g/mol. The number of fused-ring (bicyclic) bond motifs is 5. The lowest BCUT2D eigenvalue weighted by Gasteiger charge is -2.68. The van der Waals surface area contributed by atoms with E-state index in [0.29, 0.717) is 29.3 Å². The number of amides is 1. The molecule has 1 amide bonds. The quantitative estimate of drug-likeness (QED) is 0.0405.